The molecule has 0 saturated heterocycles. The van der Waals surface area contributed by atoms with Crippen LogP contribution < -0.4 is 15.5 Å². The van der Waals surface area contributed by atoms with Crippen molar-refractivity contribution < 1.29 is 8.78 Å². The highest BCUT2D eigenvalue weighted by Crippen LogP contribution is 2.35. The highest BCUT2D eigenvalue weighted by molar-refractivity contribution is 5.92. The molecule has 0 fully saturated rings. The van der Waals surface area contributed by atoms with E-state index in [0.717, 1.165) is 22.4 Å². The fourth-order valence-electron chi connectivity index (χ4n) is 3.56. The molecule has 0 aliphatic carbocycles. The first-order valence-corrected chi connectivity index (χ1v) is 8.86. The summed E-state index contributed by atoms with van der Waals surface area (Å²) in [7, 11) is 0. The van der Waals surface area contributed by atoms with Gasteiger partial charge in [-0.15, -0.1) is 0 Å². The molecule has 0 radical (unpaired) electrons. The average Bonchev–Trinajstić information content (AvgIpc) is 3.35. The van der Waals surface area contributed by atoms with Crippen molar-refractivity contribution in [3.05, 3.63) is 89.4 Å². The number of aromatic amines is 1. The number of anilines is 2. The lowest BCUT2D eigenvalue weighted by molar-refractivity contribution is 0.583. The largest absolute Gasteiger partial charge is 0.366 e. The summed E-state index contributed by atoms with van der Waals surface area (Å²) in [5.74, 6) is 0.00852. The predicted molar refractivity (Wildman–Crippen MR) is 105 cm³/mol. The minimum Gasteiger partial charge on any atom is -0.366 e. The van der Waals surface area contributed by atoms with Crippen LogP contribution in [0, 0.1) is 23.0 Å². The molecule has 1 aromatic carbocycles. The van der Waals surface area contributed by atoms with Gasteiger partial charge in [-0.2, -0.15) is 5.26 Å². The monoisotopic (exact) mass is 388 g/mol. The molecular formula is C21H14F2N6. The molecule has 4 heterocycles. The Morgan fingerprint density at radius 2 is 2.00 bits per heavy atom. The number of nitrogens with zero attached hydrogens (tertiary/aromatic N) is 3. The molecule has 5 rings (SSSR count). The number of rotatable bonds is 3. The number of pyridine rings is 1. The molecule has 2 aliphatic heterocycles. The summed E-state index contributed by atoms with van der Waals surface area (Å²) < 4.78 is 27.4. The molecule has 3 N–H and O–H groups in total. The zero-order valence-corrected chi connectivity index (χ0v) is 15.0. The smallest absolute Gasteiger partial charge is 0.140 e. The number of hydrogen-bond donors (Lipinski definition) is 3. The fraction of sp³-hybridized carbons (Fsp3) is 0.0476. The lowest BCUT2D eigenvalue weighted by Crippen LogP contribution is -2.24. The van der Waals surface area contributed by atoms with E-state index in [1.54, 1.807) is 23.5 Å². The van der Waals surface area contributed by atoms with Gasteiger partial charge in [0.2, 0.25) is 0 Å². The minimum absolute atomic E-state index is 0.343. The van der Waals surface area contributed by atoms with Crippen LogP contribution in [0.2, 0.25) is 0 Å². The molecule has 0 bridgehead atoms. The van der Waals surface area contributed by atoms with Crippen molar-refractivity contribution in [2.45, 2.75) is 0 Å². The van der Waals surface area contributed by atoms with Crippen molar-refractivity contribution in [2.24, 2.45) is 0 Å². The SMILES string of the molecule is N#CC1=CNC(Nc2nccc3c[nH]cc23)=C2CN(c3cc(F)cc(F)c3)C=C12. The van der Waals surface area contributed by atoms with Gasteiger partial charge in [-0.3, -0.25) is 0 Å². The number of fused-ring (bicyclic) bond motifs is 2. The van der Waals surface area contributed by atoms with E-state index in [1.807, 2.05) is 18.5 Å². The standard InChI is InChI=1S/C21H14F2N6/c22-14-3-15(23)5-16(4-14)29-10-18-13(6-24)8-27-21(19(18)11-29)28-20-17-9-25-7-12(17)1-2-26-20/h1-5,7-10,25,27H,11H2,(H,26,28). The quantitative estimate of drug-likeness (QED) is 0.635. The molecule has 6 nitrogen and oxygen atoms in total. The van der Waals surface area contributed by atoms with Gasteiger partial charge in [-0.05, 0) is 18.2 Å². The second-order valence-electron chi connectivity index (χ2n) is 6.71. The third-order valence-electron chi connectivity index (χ3n) is 4.92. The first-order valence-electron chi connectivity index (χ1n) is 8.86. The zero-order valence-electron chi connectivity index (χ0n) is 15.0. The number of allylic oxidation sites excluding steroid dienone is 1. The lowest BCUT2D eigenvalue weighted by Gasteiger charge is -2.21. The van der Waals surface area contributed by atoms with E-state index in [-0.39, 0.29) is 0 Å². The summed E-state index contributed by atoms with van der Waals surface area (Å²) in [6, 6.07) is 7.41. The van der Waals surface area contributed by atoms with E-state index >= 15 is 0 Å². The van der Waals surface area contributed by atoms with Crippen LogP contribution in [0.5, 0.6) is 0 Å². The Kier molecular flexibility index (Phi) is 3.81. The number of hydrogen-bond acceptors (Lipinski definition) is 5. The summed E-state index contributed by atoms with van der Waals surface area (Å²) in [5, 5.41) is 17.8. The van der Waals surface area contributed by atoms with Gasteiger partial charge in [0.15, 0.2) is 0 Å². The van der Waals surface area contributed by atoms with Crippen LogP contribution in [0.15, 0.2) is 77.8 Å². The Hall–Kier alpha value is -4.12. The van der Waals surface area contributed by atoms with E-state index in [2.05, 4.69) is 26.7 Å². The molecule has 0 unspecified atom stereocenters. The summed E-state index contributed by atoms with van der Waals surface area (Å²) in [5.41, 5.74) is 2.32. The van der Waals surface area contributed by atoms with Crippen LogP contribution in [0.3, 0.4) is 0 Å². The van der Waals surface area contributed by atoms with Crippen molar-refractivity contribution in [3.63, 3.8) is 0 Å². The average molecular weight is 388 g/mol. The van der Waals surface area contributed by atoms with Crippen LogP contribution in [0.1, 0.15) is 0 Å². The normalized spacial score (nSPS) is 15.6. The molecule has 0 atom stereocenters. The Morgan fingerprint density at radius 3 is 2.79 bits per heavy atom. The third-order valence-corrected chi connectivity index (χ3v) is 4.92. The highest BCUT2D eigenvalue weighted by Gasteiger charge is 2.29. The number of benzene rings is 1. The molecule has 2 aromatic heterocycles. The second-order valence-corrected chi connectivity index (χ2v) is 6.71. The predicted octanol–water partition coefficient (Wildman–Crippen LogP) is 3.88. The van der Waals surface area contributed by atoms with Crippen molar-refractivity contribution in [2.75, 3.05) is 16.8 Å². The molecule has 0 saturated carbocycles. The van der Waals surface area contributed by atoms with Gasteiger partial charge in [0.25, 0.3) is 0 Å². The van der Waals surface area contributed by atoms with Gasteiger partial charge >= 0.3 is 0 Å². The van der Waals surface area contributed by atoms with Gasteiger partial charge in [0.05, 0.1) is 12.1 Å². The summed E-state index contributed by atoms with van der Waals surface area (Å²) in [4.78, 5) is 9.17. The summed E-state index contributed by atoms with van der Waals surface area (Å²) in [6.07, 6.45) is 8.76. The van der Waals surface area contributed by atoms with Crippen molar-refractivity contribution >= 4 is 22.3 Å². The van der Waals surface area contributed by atoms with E-state index in [0.29, 0.717) is 35.0 Å². The van der Waals surface area contributed by atoms with Gasteiger partial charge in [-0.25, -0.2) is 13.8 Å². The number of dihydropyridines is 1. The van der Waals surface area contributed by atoms with Crippen LogP contribution in [0.4, 0.5) is 20.3 Å². The molecular weight excluding hydrogens is 374 g/mol. The minimum atomic E-state index is -0.655. The maximum Gasteiger partial charge on any atom is 0.140 e. The van der Waals surface area contributed by atoms with E-state index in [9.17, 15) is 14.0 Å². The molecule has 3 aromatic rings. The van der Waals surface area contributed by atoms with Gasteiger partial charge in [0, 0.05) is 64.7 Å². The fourth-order valence-corrected chi connectivity index (χ4v) is 3.56. The summed E-state index contributed by atoms with van der Waals surface area (Å²) in [6.45, 7) is 0.343. The van der Waals surface area contributed by atoms with Gasteiger partial charge in [-0.1, -0.05) is 0 Å². The Labute approximate surface area is 164 Å². The zero-order chi connectivity index (χ0) is 20.0. The topological polar surface area (TPSA) is 79.8 Å². The van der Waals surface area contributed by atoms with E-state index in [4.69, 9.17) is 0 Å². The Balaban J connectivity index is 1.55. The maximum atomic E-state index is 13.7. The molecule has 2 aliphatic rings. The number of halogens is 2. The molecule has 142 valence electrons. The van der Waals surface area contributed by atoms with Crippen molar-refractivity contribution in [3.8, 4) is 6.07 Å². The first-order chi connectivity index (χ1) is 14.1. The van der Waals surface area contributed by atoms with Crippen LogP contribution in [-0.2, 0) is 0 Å². The number of nitriles is 1. The first kappa shape index (κ1) is 17.0. The molecule has 29 heavy (non-hydrogen) atoms. The summed E-state index contributed by atoms with van der Waals surface area (Å²) >= 11 is 0. The van der Waals surface area contributed by atoms with Crippen molar-refractivity contribution in [1.29, 1.82) is 5.26 Å². The van der Waals surface area contributed by atoms with E-state index < -0.39 is 11.6 Å². The number of aromatic nitrogens is 2. The van der Waals surface area contributed by atoms with Gasteiger partial charge in [0.1, 0.15) is 29.3 Å². The molecule has 0 amide bonds. The third kappa shape index (κ3) is 2.89. The molecule has 0 spiro atoms. The lowest BCUT2D eigenvalue weighted by atomic mass is 10.00. The van der Waals surface area contributed by atoms with Crippen molar-refractivity contribution in [1.82, 2.24) is 15.3 Å². The Bertz CT molecular complexity index is 1260. The van der Waals surface area contributed by atoms with Crippen LogP contribution in [-0.4, -0.2) is 16.5 Å². The molecule has 8 heteroatoms. The second kappa shape index (κ2) is 6.49. The highest BCUT2D eigenvalue weighted by atomic mass is 19.1. The number of nitrogens with one attached hydrogen (secondary N) is 3. The Morgan fingerprint density at radius 1 is 1.17 bits per heavy atom. The number of H-pyrrole nitrogens is 1. The van der Waals surface area contributed by atoms with Gasteiger partial charge < -0.3 is 20.5 Å². The maximum absolute atomic E-state index is 13.7. The van der Waals surface area contributed by atoms with Crippen LogP contribution >= 0.6 is 0 Å². The van der Waals surface area contributed by atoms with Crippen LogP contribution in [0.25, 0.3) is 10.8 Å². The van der Waals surface area contributed by atoms with E-state index in [1.165, 1.54) is 12.1 Å².